The zero-order valence-electron chi connectivity index (χ0n) is 9.37. The fraction of sp³-hybridized carbons (Fsp3) is 0.500. The normalized spacial score (nSPS) is 18.9. The molecule has 0 fully saturated rings. The van der Waals surface area contributed by atoms with Gasteiger partial charge in [-0.1, -0.05) is 39.0 Å². The van der Waals surface area contributed by atoms with Gasteiger partial charge in [-0.25, -0.2) is 8.42 Å². The fourth-order valence-corrected chi connectivity index (χ4v) is 3.49. The first-order chi connectivity index (χ1) is 6.78. The van der Waals surface area contributed by atoms with E-state index in [1.54, 1.807) is 0 Å². The van der Waals surface area contributed by atoms with E-state index in [0.717, 1.165) is 11.1 Å². The SMILES string of the molecule is CC(C)(C)c1ccc2c(c1)CS(=O)(=O)C2. The Labute approximate surface area is 91.2 Å². The Morgan fingerprint density at radius 2 is 1.67 bits per heavy atom. The van der Waals surface area contributed by atoms with Crippen molar-refractivity contribution in [3.63, 3.8) is 0 Å². The van der Waals surface area contributed by atoms with E-state index in [1.165, 1.54) is 5.56 Å². The van der Waals surface area contributed by atoms with Gasteiger partial charge in [-0.05, 0) is 22.1 Å². The summed E-state index contributed by atoms with van der Waals surface area (Å²) in [5.74, 6) is 0.430. The molecule has 0 amide bonds. The van der Waals surface area contributed by atoms with Crippen LogP contribution in [-0.4, -0.2) is 8.42 Å². The van der Waals surface area contributed by atoms with Crippen LogP contribution in [0.3, 0.4) is 0 Å². The van der Waals surface area contributed by atoms with Crippen LogP contribution in [0.5, 0.6) is 0 Å². The van der Waals surface area contributed by atoms with Crippen LogP contribution in [-0.2, 0) is 26.8 Å². The van der Waals surface area contributed by atoms with E-state index in [1.807, 2.05) is 18.2 Å². The van der Waals surface area contributed by atoms with Gasteiger partial charge in [0.25, 0.3) is 0 Å². The summed E-state index contributed by atoms with van der Waals surface area (Å²) in [7, 11) is -2.87. The first-order valence-electron chi connectivity index (χ1n) is 5.11. The number of hydrogen-bond acceptors (Lipinski definition) is 2. The molecule has 0 saturated heterocycles. The molecule has 2 rings (SSSR count). The zero-order valence-corrected chi connectivity index (χ0v) is 10.2. The Morgan fingerprint density at radius 3 is 2.27 bits per heavy atom. The van der Waals surface area contributed by atoms with Crippen molar-refractivity contribution in [2.24, 2.45) is 0 Å². The smallest absolute Gasteiger partial charge is 0.158 e. The Balaban J connectivity index is 2.48. The molecule has 0 unspecified atom stereocenters. The molecule has 0 saturated carbocycles. The fourth-order valence-electron chi connectivity index (χ4n) is 1.89. The van der Waals surface area contributed by atoms with E-state index in [9.17, 15) is 8.42 Å². The van der Waals surface area contributed by atoms with Gasteiger partial charge in [0.2, 0.25) is 0 Å². The standard InChI is InChI=1S/C12H16O2S/c1-12(2,3)11-5-4-9-7-15(13,14)8-10(9)6-11/h4-6H,7-8H2,1-3H3. The van der Waals surface area contributed by atoms with Crippen molar-refractivity contribution in [1.29, 1.82) is 0 Å². The molecule has 0 aromatic heterocycles. The molecule has 1 aliphatic rings. The van der Waals surface area contributed by atoms with Gasteiger partial charge in [-0.2, -0.15) is 0 Å². The van der Waals surface area contributed by atoms with E-state index in [-0.39, 0.29) is 16.9 Å². The lowest BCUT2D eigenvalue weighted by atomic mass is 9.85. The maximum atomic E-state index is 11.4. The number of benzene rings is 1. The second-order valence-corrected chi connectivity index (χ2v) is 7.33. The van der Waals surface area contributed by atoms with Crippen LogP contribution in [0.25, 0.3) is 0 Å². The predicted octanol–water partition coefficient (Wildman–Crippen LogP) is 2.41. The quantitative estimate of drug-likeness (QED) is 0.678. The third kappa shape index (κ3) is 2.07. The molecule has 0 aliphatic carbocycles. The number of rotatable bonds is 0. The largest absolute Gasteiger partial charge is 0.228 e. The minimum Gasteiger partial charge on any atom is -0.228 e. The molecule has 2 nitrogen and oxygen atoms in total. The second-order valence-electron chi connectivity index (χ2n) is 5.27. The molecule has 0 bridgehead atoms. The lowest BCUT2D eigenvalue weighted by Gasteiger charge is -2.19. The molecule has 1 aliphatic heterocycles. The summed E-state index contributed by atoms with van der Waals surface area (Å²) in [4.78, 5) is 0. The van der Waals surface area contributed by atoms with Gasteiger partial charge < -0.3 is 0 Å². The summed E-state index contributed by atoms with van der Waals surface area (Å²) in [6.07, 6.45) is 0. The molecule has 0 radical (unpaired) electrons. The van der Waals surface area contributed by atoms with Gasteiger partial charge in [-0.3, -0.25) is 0 Å². The molecule has 15 heavy (non-hydrogen) atoms. The monoisotopic (exact) mass is 224 g/mol. The number of fused-ring (bicyclic) bond motifs is 1. The second kappa shape index (κ2) is 3.08. The Hall–Kier alpha value is -0.830. The van der Waals surface area contributed by atoms with Crippen LogP contribution < -0.4 is 0 Å². The molecule has 3 heteroatoms. The van der Waals surface area contributed by atoms with Crippen molar-refractivity contribution < 1.29 is 8.42 Å². The molecule has 0 atom stereocenters. The summed E-state index contributed by atoms with van der Waals surface area (Å²) < 4.78 is 22.9. The van der Waals surface area contributed by atoms with E-state index >= 15 is 0 Å². The van der Waals surface area contributed by atoms with Crippen molar-refractivity contribution in [2.45, 2.75) is 37.7 Å². The van der Waals surface area contributed by atoms with Crippen molar-refractivity contribution in [3.05, 3.63) is 34.9 Å². The zero-order chi connectivity index (χ0) is 11.3. The van der Waals surface area contributed by atoms with Gasteiger partial charge in [0, 0.05) is 0 Å². The van der Waals surface area contributed by atoms with Gasteiger partial charge in [0.15, 0.2) is 9.84 Å². The van der Waals surface area contributed by atoms with Crippen LogP contribution >= 0.6 is 0 Å². The van der Waals surface area contributed by atoms with Crippen molar-refractivity contribution in [1.82, 2.24) is 0 Å². The highest BCUT2D eigenvalue weighted by atomic mass is 32.2. The average Bonchev–Trinajstić information content (AvgIpc) is 2.34. The minimum atomic E-state index is -2.87. The average molecular weight is 224 g/mol. The highest BCUT2D eigenvalue weighted by Crippen LogP contribution is 2.30. The van der Waals surface area contributed by atoms with Crippen molar-refractivity contribution in [3.8, 4) is 0 Å². The maximum Gasteiger partial charge on any atom is 0.158 e. The van der Waals surface area contributed by atoms with Crippen LogP contribution in [0.2, 0.25) is 0 Å². The molecule has 0 N–H and O–H groups in total. The molecule has 1 aromatic rings. The third-order valence-corrected chi connectivity index (χ3v) is 4.32. The van der Waals surface area contributed by atoms with Crippen molar-refractivity contribution in [2.75, 3.05) is 0 Å². The topological polar surface area (TPSA) is 34.1 Å². The maximum absolute atomic E-state index is 11.4. The third-order valence-electron chi connectivity index (χ3n) is 2.82. The van der Waals surface area contributed by atoms with Gasteiger partial charge >= 0.3 is 0 Å². The van der Waals surface area contributed by atoms with Gasteiger partial charge in [-0.15, -0.1) is 0 Å². The lowest BCUT2D eigenvalue weighted by Crippen LogP contribution is -2.11. The summed E-state index contributed by atoms with van der Waals surface area (Å²) in [6, 6.07) is 6.04. The Bertz CT molecular complexity index is 493. The first-order valence-corrected chi connectivity index (χ1v) is 6.93. The first kappa shape index (κ1) is 10.7. The number of hydrogen-bond donors (Lipinski definition) is 0. The highest BCUT2D eigenvalue weighted by Gasteiger charge is 2.26. The molecular formula is C12H16O2S. The van der Waals surface area contributed by atoms with Crippen LogP contribution in [0.1, 0.15) is 37.5 Å². The van der Waals surface area contributed by atoms with Gasteiger partial charge in [0.05, 0.1) is 11.5 Å². The molecule has 1 heterocycles. The highest BCUT2D eigenvalue weighted by molar-refractivity contribution is 7.90. The van der Waals surface area contributed by atoms with E-state index in [2.05, 4.69) is 20.8 Å². The van der Waals surface area contributed by atoms with Crippen LogP contribution in [0.15, 0.2) is 18.2 Å². The number of sulfone groups is 1. The summed E-state index contributed by atoms with van der Waals surface area (Å²) in [6.45, 7) is 6.41. The van der Waals surface area contributed by atoms with Gasteiger partial charge in [0.1, 0.15) is 0 Å². The summed E-state index contributed by atoms with van der Waals surface area (Å²) >= 11 is 0. The van der Waals surface area contributed by atoms with E-state index in [0.29, 0.717) is 0 Å². The minimum absolute atomic E-state index is 0.0847. The summed E-state index contributed by atoms with van der Waals surface area (Å²) in [5.41, 5.74) is 3.25. The van der Waals surface area contributed by atoms with Crippen molar-refractivity contribution >= 4 is 9.84 Å². The van der Waals surface area contributed by atoms with Crippen LogP contribution in [0.4, 0.5) is 0 Å². The molecule has 82 valence electrons. The van der Waals surface area contributed by atoms with E-state index < -0.39 is 9.84 Å². The van der Waals surface area contributed by atoms with E-state index in [4.69, 9.17) is 0 Å². The summed E-state index contributed by atoms with van der Waals surface area (Å²) in [5, 5.41) is 0. The van der Waals surface area contributed by atoms with Crippen LogP contribution in [0, 0.1) is 0 Å². The Kier molecular flexibility index (Phi) is 2.19. The predicted molar refractivity (Wildman–Crippen MR) is 61.5 cm³/mol. The lowest BCUT2D eigenvalue weighted by molar-refractivity contribution is 0.589. The molecular weight excluding hydrogens is 208 g/mol. The molecule has 0 spiro atoms. The Morgan fingerprint density at radius 1 is 1.07 bits per heavy atom. The molecule has 1 aromatic carbocycles.